The molecule has 0 aliphatic carbocycles. The molecule has 6 nitrogen and oxygen atoms in total. The lowest BCUT2D eigenvalue weighted by molar-refractivity contribution is -0.135. The summed E-state index contributed by atoms with van der Waals surface area (Å²) in [5.41, 5.74) is 3.75. The smallest absolute Gasteiger partial charge is 0.246 e. The van der Waals surface area contributed by atoms with Gasteiger partial charge in [0, 0.05) is 30.4 Å². The topological polar surface area (TPSA) is 67.2 Å². The minimum Gasteiger partial charge on any atom is -0.334 e. The van der Waals surface area contributed by atoms with E-state index >= 15 is 0 Å². The molecule has 1 aromatic heterocycles. The number of benzene rings is 2. The SMILES string of the molecule is CCN(CC(=O)Nc1nc(-c2ccccc2)cn1-c1cccc(C)c1)C(=O)CC(C)C. The second-order valence-corrected chi connectivity index (χ2v) is 8.08. The molecule has 2 amide bonds. The van der Waals surface area contributed by atoms with E-state index in [0.717, 1.165) is 22.5 Å². The number of aromatic nitrogens is 2. The zero-order chi connectivity index (χ0) is 22.4. The van der Waals surface area contributed by atoms with Gasteiger partial charge in [0.15, 0.2) is 0 Å². The molecule has 0 aliphatic rings. The summed E-state index contributed by atoms with van der Waals surface area (Å²) in [7, 11) is 0. The molecule has 0 bridgehead atoms. The van der Waals surface area contributed by atoms with Gasteiger partial charge in [-0.25, -0.2) is 4.98 Å². The molecule has 0 aliphatic heterocycles. The number of nitrogens with zero attached hydrogens (tertiary/aromatic N) is 3. The first kappa shape index (κ1) is 22.3. The first-order chi connectivity index (χ1) is 14.9. The molecule has 3 rings (SSSR count). The minimum absolute atomic E-state index is 0.00337. The summed E-state index contributed by atoms with van der Waals surface area (Å²) in [6, 6.07) is 17.9. The fourth-order valence-corrected chi connectivity index (χ4v) is 3.38. The Balaban J connectivity index is 1.87. The average Bonchev–Trinajstić information content (AvgIpc) is 3.15. The van der Waals surface area contributed by atoms with E-state index in [1.165, 1.54) is 0 Å². The Hall–Kier alpha value is -3.41. The van der Waals surface area contributed by atoms with Gasteiger partial charge in [-0.3, -0.25) is 19.5 Å². The number of hydrogen-bond donors (Lipinski definition) is 1. The summed E-state index contributed by atoms with van der Waals surface area (Å²) in [6.45, 7) is 8.39. The summed E-state index contributed by atoms with van der Waals surface area (Å²) in [5.74, 6) is 0.401. The van der Waals surface area contributed by atoms with Crippen molar-refractivity contribution in [1.29, 1.82) is 0 Å². The second kappa shape index (κ2) is 10.1. The molecule has 162 valence electrons. The lowest BCUT2D eigenvalue weighted by Crippen LogP contribution is -2.38. The fourth-order valence-electron chi connectivity index (χ4n) is 3.38. The largest absolute Gasteiger partial charge is 0.334 e. The van der Waals surface area contributed by atoms with Gasteiger partial charge in [0.1, 0.15) is 0 Å². The summed E-state index contributed by atoms with van der Waals surface area (Å²) in [4.78, 5) is 31.5. The zero-order valence-electron chi connectivity index (χ0n) is 18.6. The summed E-state index contributed by atoms with van der Waals surface area (Å²) < 4.78 is 1.87. The number of nitrogens with one attached hydrogen (secondary N) is 1. The number of hydrogen-bond acceptors (Lipinski definition) is 3. The predicted molar refractivity (Wildman–Crippen MR) is 124 cm³/mol. The van der Waals surface area contributed by atoms with Crippen LogP contribution in [-0.2, 0) is 9.59 Å². The molecule has 1 heterocycles. The van der Waals surface area contributed by atoms with Gasteiger partial charge < -0.3 is 4.90 Å². The van der Waals surface area contributed by atoms with E-state index in [1.807, 2.05) is 93.1 Å². The molecule has 0 spiro atoms. The van der Waals surface area contributed by atoms with E-state index in [0.29, 0.717) is 18.9 Å². The highest BCUT2D eigenvalue weighted by Crippen LogP contribution is 2.24. The van der Waals surface area contributed by atoms with E-state index < -0.39 is 0 Å². The van der Waals surface area contributed by atoms with Gasteiger partial charge in [-0.1, -0.05) is 56.3 Å². The molecule has 2 aromatic carbocycles. The monoisotopic (exact) mass is 418 g/mol. The van der Waals surface area contributed by atoms with Gasteiger partial charge in [0.2, 0.25) is 17.8 Å². The number of aryl methyl sites for hydroxylation is 1. The van der Waals surface area contributed by atoms with Gasteiger partial charge in [0.05, 0.1) is 12.2 Å². The number of anilines is 1. The molecule has 0 atom stereocenters. The van der Waals surface area contributed by atoms with E-state index in [4.69, 9.17) is 0 Å². The summed E-state index contributed by atoms with van der Waals surface area (Å²) >= 11 is 0. The van der Waals surface area contributed by atoms with Crippen LogP contribution in [0.25, 0.3) is 16.9 Å². The van der Waals surface area contributed by atoms with Crippen LogP contribution in [0.2, 0.25) is 0 Å². The number of rotatable bonds is 8. The minimum atomic E-state index is -0.266. The molecule has 0 unspecified atom stereocenters. The molecule has 0 fully saturated rings. The van der Waals surface area contributed by atoms with Crippen LogP contribution in [0.4, 0.5) is 5.95 Å². The standard InChI is InChI=1S/C25H30N4O2/c1-5-28(24(31)14-18(2)3)17-23(30)27-25-26-22(20-11-7-6-8-12-20)16-29(25)21-13-9-10-19(4)15-21/h6-13,15-16,18H,5,14,17H2,1-4H3,(H,26,27,30). The maximum Gasteiger partial charge on any atom is 0.246 e. The Labute approximate surface area is 183 Å². The van der Waals surface area contributed by atoms with Crippen LogP contribution in [0.3, 0.4) is 0 Å². The molecule has 3 aromatic rings. The fraction of sp³-hybridized carbons (Fsp3) is 0.320. The Morgan fingerprint density at radius 3 is 2.48 bits per heavy atom. The van der Waals surface area contributed by atoms with Crippen molar-refractivity contribution < 1.29 is 9.59 Å². The van der Waals surface area contributed by atoms with Gasteiger partial charge in [-0.15, -0.1) is 0 Å². The highest BCUT2D eigenvalue weighted by atomic mass is 16.2. The van der Waals surface area contributed by atoms with Crippen LogP contribution in [0.5, 0.6) is 0 Å². The second-order valence-electron chi connectivity index (χ2n) is 8.08. The molecular formula is C25H30N4O2. The highest BCUT2D eigenvalue weighted by Gasteiger charge is 2.19. The molecule has 1 N–H and O–H groups in total. The number of carbonyl (C=O) groups is 2. The normalized spacial score (nSPS) is 10.9. The predicted octanol–water partition coefficient (Wildman–Crippen LogP) is 4.68. The number of amides is 2. The van der Waals surface area contributed by atoms with Crippen molar-refractivity contribution >= 4 is 17.8 Å². The first-order valence-corrected chi connectivity index (χ1v) is 10.7. The van der Waals surface area contributed by atoms with Crippen molar-refractivity contribution in [2.45, 2.75) is 34.1 Å². The van der Waals surface area contributed by atoms with Crippen LogP contribution >= 0.6 is 0 Å². The molecule has 31 heavy (non-hydrogen) atoms. The summed E-state index contributed by atoms with van der Waals surface area (Å²) in [6.07, 6.45) is 2.35. The van der Waals surface area contributed by atoms with E-state index in [9.17, 15) is 9.59 Å². The van der Waals surface area contributed by atoms with Crippen LogP contribution in [-0.4, -0.2) is 39.4 Å². The Morgan fingerprint density at radius 2 is 1.84 bits per heavy atom. The van der Waals surface area contributed by atoms with E-state index in [-0.39, 0.29) is 24.3 Å². The van der Waals surface area contributed by atoms with Gasteiger partial charge in [-0.2, -0.15) is 0 Å². The zero-order valence-corrected chi connectivity index (χ0v) is 18.6. The number of likely N-dealkylation sites (N-methyl/N-ethyl adjacent to an activating group) is 1. The Bertz CT molecular complexity index is 1040. The van der Waals surface area contributed by atoms with Crippen molar-refractivity contribution in [3.8, 4) is 16.9 Å². The van der Waals surface area contributed by atoms with Crippen molar-refractivity contribution in [3.63, 3.8) is 0 Å². The maximum atomic E-state index is 12.8. The van der Waals surface area contributed by atoms with E-state index in [1.54, 1.807) is 4.90 Å². The molecule has 0 saturated carbocycles. The quantitative estimate of drug-likeness (QED) is 0.577. The Morgan fingerprint density at radius 1 is 1.10 bits per heavy atom. The molecule has 6 heteroatoms. The molecular weight excluding hydrogens is 388 g/mol. The van der Waals surface area contributed by atoms with Gasteiger partial charge >= 0.3 is 0 Å². The van der Waals surface area contributed by atoms with E-state index in [2.05, 4.69) is 10.3 Å². The Kier molecular flexibility index (Phi) is 7.23. The van der Waals surface area contributed by atoms with Gasteiger partial charge in [0.25, 0.3) is 0 Å². The summed E-state index contributed by atoms with van der Waals surface area (Å²) in [5, 5.41) is 2.91. The van der Waals surface area contributed by atoms with Crippen LogP contribution < -0.4 is 5.32 Å². The highest BCUT2D eigenvalue weighted by molar-refractivity contribution is 5.93. The van der Waals surface area contributed by atoms with Crippen molar-refractivity contribution in [2.24, 2.45) is 5.92 Å². The third-order valence-corrected chi connectivity index (χ3v) is 4.96. The number of carbonyl (C=O) groups excluding carboxylic acids is 2. The lowest BCUT2D eigenvalue weighted by Gasteiger charge is -2.21. The average molecular weight is 419 g/mol. The third kappa shape index (κ3) is 5.81. The molecule has 0 radical (unpaired) electrons. The third-order valence-electron chi connectivity index (χ3n) is 4.96. The van der Waals surface area contributed by atoms with Crippen LogP contribution in [0.15, 0.2) is 60.8 Å². The first-order valence-electron chi connectivity index (χ1n) is 10.7. The van der Waals surface area contributed by atoms with Crippen LogP contribution in [0.1, 0.15) is 32.8 Å². The van der Waals surface area contributed by atoms with Gasteiger partial charge in [-0.05, 0) is 37.5 Å². The maximum absolute atomic E-state index is 12.8. The van der Waals surface area contributed by atoms with Crippen molar-refractivity contribution in [3.05, 3.63) is 66.4 Å². The van der Waals surface area contributed by atoms with Crippen molar-refractivity contribution in [2.75, 3.05) is 18.4 Å². The lowest BCUT2D eigenvalue weighted by atomic mass is 10.1. The van der Waals surface area contributed by atoms with Crippen molar-refractivity contribution in [1.82, 2.24) is 14.5 Å². The number of imidazole rings is 1. The molecule has 0 saturated heterocycles. The van der Waals surface area contributed by atoms with Crippen LogP contribution in [0, 0.1) is 12.8 Å².